The van der Waals surface area contributed by atoms with Crippen molar-refractivity contribution in [1.82, 2.24) is 10.1 Å². The van der Waals surface area contributed by atoms with Crippen molar-refractivity contribution in [2.24, 2.45) is 0 Å². The van der Waals surface area contributed by atoms with Crippen molar-refractivity contribution in [2.75, 3.05) is 14.2 Å². The largest absolute Gasteiger partial charge is 0.507 e. The van der Waals surface area contributed by atoms with Gasteiger partial charge in [-0.3, -0.25) is 0 Å². The zero-order valence-corrected chi connectivity index (χ0v) is 14.6. The first-order valence-electron chi connectivity index (χ1n) is 6.67. The van der Waals surface area contributed by atoms with Crippen LogP contribution in [0.3, 0.4) is 0 Å². The molecular formula is C16H13IN2O4. The van der Waals surface area contributed by atoms with Crippen LogP contribution < -0.4 is 9.47 Å². The van der Waals surface area contributed by atoms with E-state index < -0.39 is 0 Å². The van der Waals surface area contributed by atoms with Crippen molar-refractivity contribution in [1.29, 1.82) is 0 Å². The maximum absolute atomic E-state index is 9.58. The van der Waals surface area contributed by atoms with Crippen molar-refractivity contribution in [3.8, 4) is 40.1 Å². The predicted octanol–water partition coefficient (Wildman–Crippen LogP) is 3.73. The van der Waals surface area contributed by atoms with Crippen LogP contribution in [-0.4, -0.2) is 29.5 Å². The molecule has 118 valence electrons. The van der Waals surface area contributed by atoms with E-state index in [9.17, 15) is 5.11 Å². The maximum Gasteiger partial charge on any atom is 0.258 e. The van der Waals surface area contributed by atoms with Gasteiger partial charge in [-0.25, -0.2) is 0 Å². The summed E-state index contributed by atoms with van der Waals surface area (Å²) in [6, 6.07) is 10.5. The number of halogens is 1. The van der Waals surface area contributed by atoms with Gasteiger partial charge in [0.1, 0.15) is 5.75 Å². The third-order valence-corrected chi connectivity index (χ3v) is 4.13. The molecule has 0 bridgehead atoms. The van der Waals surface area contributed by atoms with Crippen LogP contribution in [0.2, 0.25) is 0 Å². The number of hydrogen-bond donors (Lipinski definition) is 1. The lowest BCUT2D eigenvalue weighted by atomic mass is 10.2. The number of rotatable bonds is 4. The Balaban J connectivity index is 1.97. The summed E-state index contributed by atoms with van der Waals surface area (Å²) >= 11 is 2.05. The number of ether oxygens (including phenoxy) is 2. The number of nitrogens with zero attached hydrogens (tertiary/aromatic N) is 2. The third-order valence-electron chi connectivity index (χ3n) is 3.26. The lowest BCUT2D eigenvalue weighted by Gasteiger charge is -2.07. The highest BCUT2D eigenvalue weighted by molar-refractivity contribution is 14.1. The van der Waals surface area contributed by atoms with Crippen molar-refractivity contribution in [3.63, 3.8) is 0 Å². The number of phenols is 1. The van der Waals surface area contributed by atoms with Gasteiger partial charge in [-0.15, -0.1) is 0 Å². The van der Waals surface area contributed by atoms with Crippen molar-refractivity contribution in [2.45, 2.75) is 0 Å². The number of aromatic nitrogens is 2. The van der Waals surface area contributed by atoms with Gasteiger partial charge in [-0.2, -0.15) is 4.98 Å². The highest BCUT2D eigenvalue weighted by atomic mass is 127. The molecule has 0 saturated heterocycles. The van der Waals surface area contributed by atoms with Crippen LogP contribution in [0.5, 0.6) is 17.2 Å². The quantitative estimate of drug-likeness (QED) is 0.644. The van der Waals surface area contributed by atoms with Crippen molar-refractivity contribution < 1.29 is 19.1 Å². The molecule has 0 aliphatic heterocycles. The van der Waals surface area contributed by atoms with Gasteiger partial charge in [0.25, 0.3) is 5.89 Å². The monoisotopic (exact) mass is 424 g/mol. The lowest BCUT2D eigenvalue weighted by Crippen LogP contribution is -1.91. The Labute approximate surface area is 146 Å². The Bertz CT molecular complexity index is 848. The summed E-state index contributed by atoms with van der Waals surface area (Å²) < 4.78 is 16.5. The first-order valence-corrected chi connectivity index (χ1v) is 7.75. The molecular weight excluding hydrogens is 411 g/mol. The summed E-state index contributed by atoms with van der Waals surface area (Å²) in [5, 5.41) is 13.6. The molecule has 0 spiro atoms. The summed E-state index contributed by atoms with van der Waals surface area (Å²) in [6.45, 7) is 0. The predicted molar refractivity (Wildman–Crippen MR) is 92.7 cm³/mol. The van der Waals surface area contributed by atoms with Crippen LogP contribution in [0.4, 0.5) is 0 Å². The van der Waals surface area contributed by atoms with Crippen molar-refractivity contribution >= 4 is 22.6 Å². The van der Waals surface area contributed by atoms with E-state index in [1.54, 1.807) is 44.6 Å². The molecule has 1 heterocycles. The van der Waals surface area contributed by atoms with Crippen molar-refractivity contribution in [3.05, 3.63) is 40.0 Å². The second kappa shape index (κ2) is 6.45. The van der Waals surface area contributed by atoms with E-state index in [1.165, 1.54) is 0 Å². The fourth-order valence-corrected chi connectivity index (χ4v) is 2.59. The molecule has 0 saturated carbocycles. The molecule has 0 fully saturated rings. The van der Waals surface area contributed by atoms with E-state index in [4.69, 9.17) is 14.0 Å². The van der Waals surface area contributed by atoms with Crippen LogP contribution in [0.25, 0.3) is 22.8 Å². The summed E-state index contributed by atoms with van der Waals surface area (Å²) in [6.07, 6.45) is 0. The molecule has 0 radical (unpaired) electrons. The van der Waals surface area contributed by atoms with Gasteiger partial charge in [-0.05, 0) is 59.0 Å². The zero-order valence-electron chi connectivity index (χ0n) is 12.4. The number of methoxy groups -OCH3 is 2. The average Bonchev–Trinajstić information content (AvgIpc) is 3.06. The highest BCUT2D eigenvalue weighted by Crippen LogP contribution is 2.32. The Morgan fingerprint density at radius 1 is 1.00 bits per heavy atom. The van der Waals surface area contributed by atoms with Crippen LogP contribution in [-0.2, 0) is 0 Å². The number of hydrogen-bond acceptors (Lipinski definition) is 6. The minimum atomic E-state index is 0.220. The summed E-state index contributed by atoms with van der Waals surface area (Å²) in [5.41, 5.74) is 1.50. The lowest BCUT2D eigenvalue weighted by molar-refractivity contribution is 0.355. The van der Waals surface area contributed by atoms with Gasteiger partial charge in [0.15, 0.2) is 11.5 Å². The molecule has 0 aliphatic rings. The maximum atomic E-state index is 9.58. The molecule has 7 heteroatoms. The van der Waals surface area contributed by atoms with E-state index >= 15 is 0 Å². The molecule has 0 aliphatic carbocycles. The molecule has 0 unspecified atom stereocenters. The first-order chi connectivity index (χ1) is 11.1. The van der Waals surface area contributed by atoms with Crippen LogP contribution >= 0.6 is 22.6 Å². The first kappa shape index (κ1) is 15.6. The van der Waals surface area contributed by atoms with Gasteiger partial charge in [0, 0.05) is 11.1 Å². The molecule has 2 aromatic carbocycles. The molecule has 0 atom stereocenters. The second-order valence-corrected chi connectivity index (χ2v) is 5.82. The molecule has 3 rings (SSSR count). The smallest absolute Gasteiger partial charge is 0.258 e. The van der Waals surface area contributed by atoms with Gasteiger partial charge in [0.05, 0.1) is 17.8 Å². The Hall–Kier alpha value is -2.29. The Morgan fingerprint density at radius 3 is 2.43 bits per heavy atom. The standard InChI is InChI=1S/C16H13IN2O4/c1-21-13-6-4-10(8-14(13)22-2)16-18-15(19-23-16)9-3-5-12(20)11(17)7-9/h3-8,20H,1-2H3. The summed E-state index contributed by atoms with van der Waals surface area (Å²) in [5.74, 6) is 2.27. The van der Waals surface area contributed by atoms with Gasteiger partial charge >= 0.3 is 0 Å². The minimum Gasteiger partial charge on any atom is -0.507 e. The zero-order chi connectivity index (χ0) is 16.4. The van der Waals surface area contributed by atoms with Crippen LogP contribution in [0, 0.1) is 3.57 Å². The average molecular weight is 424 g/mol. The highest BCUT2D eigenvalue weighted by Gasteiger charge is 2.14. The molecule has 23 heavy (non-hydrogen) atoms. The third kappa shape index (κ3) is 3.09. The van der Waals surface area contributed by atoms with Gasteiger partial charge in [-0.1, -0.05) is 5.16 Å². The molecule has 1 aromatic heterocycles. The van der Waals surface area contributed by atoms with Gasteiger partial charge < -0.3 is 19.1 Å². The molecule has 0 amide bonds. The fraction of sp³-hybridized carbons (Fsp3) is 0.125. The van der Waals surface area contributed by atoms with E-state index in [1.807, 2.05) is 28.7 Å². The SMILES string of the molecule is COc1ccc(-c2nc(-c3ccc(O)c(I)c3)no2)cc1OC. The van der Waals surface area contributed by atoms with E-state index in [2.05, 4.69) is 10.1 Å². The summed E-state index contributed by atoms with van der Waals surface area (Å²) in [4.78, 5) is 4.39. The molecule has 1 N–H and O–H groups in total. The van der Waals surface area contributed by atoms with Crippen LogP contribution in [0.15, 0.2) is 40.9 Å². The van der Waals surface area contributed by atoms with E-state index in [-0.39, 0.29) is 5.75 Å². The number of phenolic OH excluding ortho intramolecular Hbond substituents is 1. The molecule has 6 nitrogen and oxygen atoms in total. The Morgan fingerprint density at radius 2 is 1.74 bits per heavy atom. The van der Waals surface area contributed by atoms with Crippen LogP contribution in [0.1, 0.15) is 0 Å². The second-order valence-electron chi connectivity index (χ2n) is 4.66. The fourth-order valence-electron chi connectivity index (χ4n) is 2.07. The Kier molecular flexibility index (Phi) is 4.37. The number of aromatic hydroxyl groups is 1. The van der Waals surface area contributed by atoms with E-state index in [0.717, 1.165) is 14.7 Å². The molecule has 3 aromatic rings. The van der Waals surface area contributed by atoms with Gasteiger partial charge in [0.2, 0.25) is 5.82 Å². The number of benzene rings is 2. The minimum absolute atomic E-state index is 0.220. The normalized spacial score (nSPS) is 10.6. The van der Waals surface area contributed by atoms with E-state index in [0.29, 0.717) is 23.2 Å². The summed E-state index contributed by atoms with van der Waals surface area (Å²) in [7, 11) is 3.15. The topological polar surface area (TPSA) is 77.6 Å².